The first-order valence-electron chi connectivity index (χ1n) is 8.06. The highest BCUT2D eigenvalue weighted by molar-refractivity contribution is 5.05. The molecule has 0 aliphatic heterocycles. The van der Waals surface area contributed by atoms with Crippen molar-refractivity contribution in [3.8, 4) is 0 Å². The van der Waals surface area contributed by atoms with Crippen LogP contribution >= 0.6 is 0 Å². The highest BCUT2D eigenvalue weighted by atomic mass is 14.6. The van der Waals surface area contributed by atoms with Crippen molar-refractivity contribution in [3.63, 3.8) is 0 Å². The van der Waals surface area contributed by atoms with Crippen molar-refractivity contribution in [2.24, 2.45) is 28.6 Å². The molecule has 0 amide bonds. The minimum absolute atomic E-state index is 0.699. The normalized spacial score (nSPS) is 54.9. The second-order valence-corrected chi connectivity index (χ2v) is 7.97. The number of hydrogen-bond acceptors (Lipinski definition) is 0. The smallest absolute Gasteiger partial charge is 0.0261 e. The third kappa shape index (κ3) is 1.70. The minimum Gasteiger partial charge on any atom is -0.0622 e. The molecule has 5 atom stereocenters. The van der Waals surface area contributed by atoms with Gasteiger partial charge in [-0.25, -0.2) is 0 Å². The van der Waals surface area contributed by atoms with E-state index in [4.69, 9.17) is 0 Å². The molecule has 0 nitrogen and oxygen atoms in total. The van der Waals surface area contributed by atoms with E-state index in [2.05, 4.69) is 20.8 Å². The van der Waals surface area contributed by atoms with Gasteiger partial charge in [0.1, 0.15) is 0 Å². The monoisotopic (exact) mass is 234 g/mol. The van der Waals surface area contributed by atoms with E-state index in [9.17, 15) is 0 Å². The van der Waals surface area contributed by atoms with Crippen LogP contribution in [-0.4, -0.2) is 0 Å². The van der Waals surface area contributed by atoms with Crippen LogP contribution < -0.4 is 0 Å². The second kappa shape index (κ2) is 4.00. The summed E-state index contributed by atoms with van der Waals surface area (Å²) >= 11 is 0. The van der Waals surface area contributed by atoms with Gasteiger partial charge in [-0.3, -0.25) is 0 Å². The fraction of sp³-hybridized carbons (Fsp3) is 1.00. The van der Waals surface area contributed by atoms with Gasteiger partial charge in [0.15, 0.2) is 0 Å². The van der Waals surface area contributed by atoms with E-state index in [1.807, 2.05) is 0 Å². The lowest BCUT2D eigenvalue weighted by Gasteiger charge is -2.61. The molecule has 0 aromatic heterocycles. The number of hydrogen-bond donors (Lipinski definition) is 0. The molecule has 3 saturated carbocycles. The minimum atomic E-state index is 0.699. The van der Waals surface area contributed by atoms with Crippen LogP contribution in [0.4, 0.5) is 0 Å². The van der Waals surface area contributed by atoms with Gasteiger partial charge in [-0.15, -0.1) is 0 Å². The molecule has 3 fully saturated rings. The molecule has 0 heterocycles. The number of fused-ring (bicyclic) bond motifs is 3. The second-order valence-electron chi connectivity index (χ2n) is 7.97. The van der Waals surface area contributed by atoms with Crippen LogP contribution in [0.3, 0.4) is 0 Å². The predicted octanol–water partition coefficient (Wildman–Crippen LogP) is 5.42. The maximum absolute atomic E-state index is 2.67. The Kier molecular flexibility index (Phi) is 2.84. The summed E-state index contributed by atoms with van der Waals surface area (Å²) in [6.07, 6.45) is 13.7. The molecule has 0 aromatic carbocycles. The molecule has 0 N–H and O–H groups in total. The number of rotatable bonds is 0. The van der Waals surface area contributed by atoms with E-state index in [1.165, 1.54) is 57.8 Å². The van der Waals surface area contributed by atoms with E-state index >= 15 is 0 Å². The lowest BCUT2D eigenvalue weighted by Crippen LogP contribution is -2.53. The Balaban J connectivity index is 1.93. The third-order valence-electron chi connectivity index (χ3n) is 7.06. The first kappa shape index (κ1) is 12.1. The van der Waals surface area contributed by atoms with Crippen molar-refractivity contribution in [1.82, 2.24) is 0 Å². The van der Waals surface area contributed by atoms with Gasteiger partial charge in [0.05, 0.1) is 0 Å². The topological polar surface area (TPSA) is 0 Å². The molecule has 3 rings (SSSR count). The SMILES string of the molecule is CC1CCCC2(C)C1CCC1(C)CCCCC12. The summed E-state index contributed by atoms with van der Waals surface area (Å²) in [5, 5.41) is 0. The van der Waals surface area contributed by atoms with E-state index in [-0.39, 0.29) is 0 Å². The van der Waals surface area contributed by atoms with Crippen LogP contribution in [0.1, 0.15) is 78.6 Å². The lowest BCUT2D eigenvalue weighted by atomic mass is 9.44. The summed E-state index contributed by atoms with van der Waals surface area (Å²) in [6, 6.07) is 0. The molecule has 3 aliphatic carbocycles. The molecule has 0 bridgehead atoms. The highest BCUT2D eigenvalue weighted by Gasteiger charge is 2.55. The maximum atomic E-state index is 2.67. The third-order valence-corrected chi connectivity index (χ3v) is 7.06. The molecule has 0 radical (unpaired) electrons. The summed E-state index contributed by atoms with van der Waals surface area (Å²) in [5.74, 6) is 3.10. The standard InChI is InChI=1S/C17H30/c1-13-7-6-11-17(3)14(13)9-12-16(2)10-5-4-8-15(16)17/h13-15H,4-12H2,1-3H3. The van der Waals surface area contributed by atoms with Crippen LogP contribution in [0.25, 0.3) is 0 Å². The molecule has 0 saturated heterocycles. The van der Waals surface area contributed by atoms with Crippen LogP contribution in [0.2, 0.25) is 0 Å². The molecular weight excluding hydrogens is 204 g/mol. The summed E-state index contributed by atoms with van der Waals surface area (Å²) in [6.45, 7) is 7.83. The largest absolute Gasteiger partial charge is 0.0622 e. The van der Waals surface area contributed by atoms with Crippen molar-refractivity contribution < 1.29 is 0 Å². The van der Waals surface area contributed by atoms with Crippen molar-refractivity contribution in [3.05, 3.63) is 0 Å². The van der Waals surface area contributed by atoms with E-state index < -0.39 is 0 Å². The van der Waals surface area contributed by atoms with Gasteiger partial charge in [-0.1, -0.05) is 46.5 Å². The maximum Gasteiger partial charge on any atom is -0.0261 e. The van der Waals surface area contributed by atoms with Crippen molar-refractivity contribution in [2.75, 3.05) is 0 Å². The molecule has 5 unspecified atom stereocenters. The summed E-state index contributed by atoms with van der Waals surface area (Å²) in [5.41, 5.74) is 1.41. The summed E-state index contributed by atoms with van der Waals surface area (Å²) < 4.78 is 0. The lowest BCUT2D eigenvalue weighted by molar-refractivity contribution is -0.118. The first-order chi connectivity index (χ1) is 8.06. The Labute approximate surface area is 108 Å². The van der Waals surface area contributed by atoms with Gasteiger partial charge in [0.25, 0.3) is 0 Å². The zero-order valence-electron chi connectivity index (χ0n) is 12.1. The Morgan fingerprint density at radius 3 is 2.47 bits per heavy atom. The molecule has 0 spiro atoms. The van der Waals surface area contributed by atoms with Crippen molar-refractivity contribution in [1.29, 1.82) is 0 Å². The Hall–Kier alpha value is 0. The van der Waals surface area contributed by atoms with E-state index in [0.29, 0.717) is 10.8 Å². The fourth-order valence-electron chi connectivity index (χ4n) is 6.20. The van der Waals surface area contributed by atoms with Crippen LogP contribution in [-0.2, 0) is 0 Å². The average molecular weight is 234 g/mol. The van der Waals surface area contributed by atoms with E-state index in [0.717, 1.165) is 17.8 Å². The zero-order chi connectivity index (χ0) is 12.1. The van der Waals surface area contributed by atoms with Crippen LogP contribution in [0.15, 0.2) is 0 Å². The molecule has 3 aliphatic rings. The zero-order valence-corrected chi connectivity index (χ0v) is 12.1. The Morgan fingerprint density at radius 2 is 1.65 bits per heavy atom. The van der Waals surface area contributed by atoms with Crippen LogP contribution in [0.5, 0.6) is 0 Å². The van der Waals surface area contributed by atoms with Gasteiger partial charge in [0, 0.05) is 0 Å². The molecule has 98 valence electrons. The van der Waals surface area contributed by atoms with Gasteiger partial charge in [0.2, 0.25) is 0 Å². The first-order valence-corrected chi connectivity index (χ1v) is 8.06. The summed E-state index contributed by atoms with van der Waals surface area (Å²) in [4.78, 5) is 0. The summed E-state index contributed by atoms with van der Waals surface area (Å²) in [7, 11) is 0. The van der Waals surface area contributed by atoms with Gasteiger partial charge in [-0.2, -0.15) is 0 Å². The van der Waals surface area contributed by atoms with Gasteiger partial charge >= 0.3 is 0 Å². The van der Waals surface area contributed by atoms with Crippen molar-refractivity contribution in [2.45, 2.75) is 78.6 Å². The molecule has 0 heteroatoms. The predicted molar refractivity (Wildman–Crippen MR) is 73.9 cm³/mol. The Morgan fingerprint density at radius 1 is 0.824 bits per heavy atom. The van der Waals surface area contributed by atoms with Gasteiger partial charge in [-0.05, 0) is 60.7 Å². The van der Waals surface area contributed by atoms with Crippen molar-refractivity contribution >= 4 is 0 Å². The molecule has 17 heavy (non-hydrogen) atoms. The van der Waals surface area contributed by atoms with Crippen LogP contribution in [0, 0.1) is 28.6 Å². The quantitative estimate of drug-likeness (QED) is 0.525. The molecule has 0 aromatic rings. The Bertz CT molecular complexity index is 294. The van der Waals surface area contributed by atoms with Gasteiger partial charge < -0.3 is 0 Å². The van der Waals surface area contributed by atoms with E-state index in [1.54, 1.807) is 0 Å². The fourth-order valence-corrected chi connectivity index (χ4v) is 6.20. The molecular formula is C17H30. The highest BCUT2D eigenvalue weighted by Crippen LogP contribution is 2.64. The average Bonchev–Trinajstić information content (AvgIpc) is 2.28.